The summed E-state index contributed by atoms with van der Waals surface area (Å²) in [7, 11) is 0. The van der Waals surface area contributed by atoms with Crippen LogP contribution in [-0.2, 0) is 4.79 Å². The van der Waals surface area contributed by atoms with Crippen molar-refractivity contribution in [3.8, 4) is 0 Å². The van der Waals surface area contributed by atoms with E-state index >= 15 is 0 Å². The third-order valence-corrected chi connectivity index (χ3v) is 3.47. The first-order valence-corrected chi connectivity index (χ1v) is 6.73. The van der Waals surface area contributed by atoms with Crippen LogP contribution >= 0.6 is 0 Å². The Kier molecular flexibility index (Phi) is 4.85. The molecule has 1 saturated carbocycles. The number of aromatic carboxylic acids is 1. The molecule has 0 saturated heterocycles. The molecule has 2 rings (SSSR count). The van der Waals surface area contributed by atoms with Crippen molar-refractivity contribution in [1.82, 2.24) is 5.32 Å². The fourth-order valence-corrected chi connectivity index (χ4v) is 2.37. The van der Waals surface area contributed by atoms with Crippen molar-refractivity contribution in [2.24, 2.45) is 0 Å². The Morgan fingerprint density at radius 1 is 1.19 bits per heavy atom. The van der Waals surface area contributed by atoms with Gasteiger partial charge in [0.2, 0.25) is 5.91 Å². The van der Waals surface area contributed by atoms with Crippen LogP contribution in [0.25, 0.3) is 0 Å². The maximum Gasteiger partial charge on any atom is 0.338 e. The second-order valence-electron chi connectivity index (χ2n) is 5.03. The maximum atomic E-state index is 13.5. The van der Waals surface area contributed by atoms with Gasteiger partial charge in [0, 0.05) is 12.1 Å². The third-order valence-electron chi connectivity index (χ3n) is 3.47. The average molecular weight is 298 g/mol. The van der Waals surface area contributed by atoms with Crippen molar-refractivity contribution in [2.75, 3.05) is 11.9 Å². The van der Waals surface area contributed by atoms with Gasteiger partial charge in [-0.3, -0.25) is 4.79 Å². The second kappa shape index (κ2) is 6.62. The number of halogens is 2. The van der Waals surface area contributed by atoms with Crippen molar-refractivity contribution >= 4 is 17.6 Å². The standard InChI is InChI=1S/C14H16F2N2O3/c15-10-6-11(16)12(5-9(10)14(20)21)18-13(19)7-17-8-3-1-2-4-8/h5-6,8,17H,1-4,7H2,(H,18,19)(H,20,21). The van der Waals surface area contributed by atoms with Crippen LogP contribution in [-0.4, -0.2) is 29.6 Å². The Balaban J connectivity index is 1.99. The first kappa shape index (κ1) is 15.4. The number of carboxylic acid groups (broad SMARTS) is 1. The van der Waals surface area contributed by atoms with Gasteiger partial charge in [-0.05, 0) is 18.9 Å². The lowest BCUT2D eigenvalue weighted by Gasteiger charge is -2.12. The highest BCUT2D eigenvalue weighted by Gasteiger charge is 2.18. The van der Waals surface area contributed by atoms with Crippen LogP contribution in [0.1, 0.15) is 36.0 Å². The molecule has 0 spiro atoms. The number of rotatable bonds is 5. The van der Waals surface area contributed by atoms with Gasteiger partial charge >= 0.3 is 5.97 Å². The highest BCUT2D eigenvalue weighted by molar-refractivity contribution is 5.95. The number of carboxylic acids is 1. The zero-order chi connectivity index (χ0) is 15.4. The zero-order valence-corrected chi connectivity index (χ0v) is 11.3. The van der Waals surface area contributed by atoms with Gasteiger partial charge < -0.3 is 15.7 Å². The Bertz CT molecular complexity index is 557. The van der Waals surface area contributed by atoms with Gasteiger partial charge in [0.15, 0.2) is 0 Å². The highest BCUT2D eigenvalue weighted by atomic mass is 19.1. The van der Waals surface area contributed by atoms with Crippen molar-refractivity contribution in [1.29, 1.82) is 0 Å². The van der Waals surface area contributed by atoms with Crippen molar-refractivity contribution in [3.63, 3.8) is 0 Å². The minimum atomic E-state index is -1.52. The number of carbonyl (C=O) groups excluding carboxylic acids is 1. The normalized spacial score (nSPS) is 15.1. The molecule has 0 unspecified atom stereocenters. The first-order valence-electron chi connectivity index (χ1n) is 6.73. The molecular weight excluding hydrogens is 282 g/mol. The number of hydrogen-bond acceptors (Lipinski definition) is 3. The molecule has 7 heteroatoms. The Morgan fingerprint density at radius 3 is 2.48 bits per heavy atom. The van der Waals surface area contributed by atoms with Crippen LogP contribution in [0.3, 0.4) is 0 Å². The summed E-state index contributed by atoms with van der Waals surface area (Å²) in [5.74, 6) is -4.20. The van der Waals surface area contributed by atoms with E-state index in [-0.39, 0.29) is 18.3 Å². The summed E-state index contributed by atoms with van der Waals surface area (Å²) in [6.45, 7) is 0.00386. The fraction of sp³-hybridized carbons (Fsp3) is 0.429. The molecule has 5 nitrogen and oxygen atoms in total. The predicted molar refractivity (Wildman–Crippen MR) is 72.2 cm³/mol. The molecule has 0 aliphatic heterocycles. The molecule has 1 aliphatic carbocycles. The minimum Gasteiger partial charge on any atom is -0.478 e. The zero-order valence-electron chi connectivity index (χ0n) is 11.3. The molecule has 0 radical (unpaired) electrons. The molecule has 1 fully saturated rings. The summed E-state index contributed by atoms with van der Waals surface area (Å²) in [5, 5.41) is 14.1. The van der Waals surface area contributed by atoms with Gasteiger partial charge in [0.1, 0.15) is 11.6 Å². The number of anilines is 1. The average Bonchev–Trinajstić information content (AvgIpc) is 2.92. The van der Waals surface area contributed by atoms with E-state index in [4.69, 9.17) is 5.11 Å². The Labute approximate surface area is 120 Å². The van der Waals surface area contributed by atoms with Crippen molar-refractivity contribution in [3.05, 3.63) is 29.3 Å². The largest absolute Gasteiger partial charge is 0.478 e. The smallest absolute Gasteiger partial charge is 0.338 e. The lowest BCUT2D eigenvalue weighted by atomic mass is 10.1. The van der Waals surface area contributed by atoms with E-state index in [1.165, 1.54) is 0 Å². The number of nitrogens with one attached hydrogen (secondary N) is 2. The summed E-state index contributed by atoms with van der Waals surface area (Å²) < 4.78 is 26.8. The van der Waals surface area contributed by atoms with Gasteiger partial charge in [-0.1, -0.05) is 12.8 Å². The van der Waals surface area contributed by atoms with Crippen LogP contribution in [0, 0.1) is 11.6 Å². The molecule has 21 heavy (non-hydrogen) atoms. The number of benzene rings is 1. The van der Waals surface area contributed by atoms with Crippen LogP contribution in [0.5, 0.6) is 0 Å². The lowest BCUT2D eigenvalue weighted by Crippen LogP contribution is -2.34. The highest BCUT2D eigenvalue weighted by Crippen LogP contribution is 2.20. The SMILES string of the molecule is O=C(CNC1CCCC1)Nc1cc(C(=O)O)c(F)cc1F. The second-order valence-corrected chi connectivity index (χ2v) is 5.03. The third kappa shape index (κ3) is 3.98. The molecule has 0 heterocycles. The van der Waals surface area contributed by atoms with Crippen molar-refractivity contribution in [2.45, 2.75) is 31.7 Å². The van der Waals surface area contributed by atoms with Gasteiger partial charge in [-0.25, -0.2) is 13.6 Å². The van der Waals surface area contributed by atoms with Crippen LogP contribution in [0.4, 0.5) is 14.5 Å². The quantitative estimate of drug-likeness (QED) is 0.778. The molecule has 1 aliphatic rings. The minimum absolute atomic E-state index is 0.00386. The van der Waals surface area contributed by atoms with E-state index in [2.05, 4.69) is 10.6 Å². The number of hydrogen-bond donors (Lipinski definition) is 3. The summed E-state index contributed by atoms with van der Waals surface area (Å²) in [6.07, 6.45) is 4.24. The fourth-order valence-electron chi connectivity index (χ4n) is 2.37. The molecular formula is C14H16F2N2O3. The van der Waals surface area contributed by atoms with E-state index < -0.39 is 29.1 Å². The molecule has 114 valence electrons. The molecule has 1 amide bonds. The molecule has 0 bridgehead atoms. The predicted octanol–water partition coefficient (Wildman–Crippen LogP) is 2.13. The Hall–Kier alpha value is -2.02. The molecule has 1 aromatic carbocycles. The van der Waals surface area contributed by atoms with Crippen molar-refractivity contribution < 1.29 is 23.5 Å². The number of carbonyl (C=O) groups is 2. The van der Waals surface area contributed by atoms with Gasteiger partial charge in [-0.2, -0.15) is 0 Å². The molecule has 3 N–H and O–H groups in total. The summed E-state index contributed by atoms with van der Waals surface area (Å²) in [6, 6.07) is 1.51. The van der Waals surface area contributed by atoms with E-state index in [0.29, 0.717) is 6.07 Å². The van der Waals surface area contributed by atoms with E-state index in [1.807, 2.05) is 0 Å². The topological polar surface area (TPSA) is 78.4 Å². The van der Waals surface area contributed by atoms with Gasteiger partial charge in [-0.15, -0.1) is 0 Å². The van der Waals surface area contributed by atoms with E-state index in [0.717, 1.165) is 31.7 Å². The lowest BCUT2D eigenvalue weighted by molar-refractivity contribution is -0.115. The summed E-state index contributed by atoms with van der Waals surface area (Å²) in [5.41, 5.74) is -1.03. The van der Waals surface area contributed by atoms with Crippen LogP contribution in [0.2, 0.25) is 0 Å². The molecule has 1 aromatic rings. The monoisotopic (exact) mass is 298 g/mol. The Morgan fingerprint density at radius 2 is 1.86 bits per heavy atom. The number of amides is 1. The molecule has 0 atom stereocenters. The first-order chi connectivity index (χ1) is 9.97. The molecule has 0 aromatic heterocycles. The maximum absolute atomic E-state index is 13.5. The van der Waals surface area contributed by atoms with Crippen LogP contribution < -0.4 is 10.6 Å². The van der Waals surface area contributed by atoms with E-state index in [9.17, 15) is 18.4 Å². The summed E-state index contributed by atoms with van der Waals surface area (Å²) >= 11 is 0. The van der Waals surface area contributed by atoms with Crippen LogP contribution in [0.15, 0.2) is 12.1 Å². The summed E-state index contributed by atoms with van der Waals surface area (Å²) in [4.78, 5) is 22.5. The van der Waals surface area contributed by atoms with E-state index in [1.54, 1.807) is 0 Å². The van der Waals surface area contributed by atoms with Gasteiger partial charge in [0.05, 0.1) is 17.8 Å². The van der Waals surface area contributed by atoms with Gasteiger partial charge in [0.25, 0.3) is 0 Å².